The molecule has 0 saturated carbocycles. The lowest BCUT2D eigenvalue weighted by Gasteiger charge is -2.11. The van der Waals surface area contributed by atoms with Gasteiger partial charge in [-0.05, 0) is 29.8 Å². The van der Waals surface area contributed by atoms with Gasteiger partial charge in [0.05, 0.1) is 22.7 Å². The lowest BCUT2D eigenvalue weighted by molar-refractivity contribution is 0.467. The molecule has 3 rings (SSSR count). The maximum Gasteiger partial charge on any atom is 0.243 e. The van der Waals surface area contributed by atoms with E-state index in [1.807, 2.05) is 13.8 Å². The molecule has 0 amide bonds. The van der Waals surface area contributed by atoms with Crippen LogP contribution in [0.3, 0.4) is 0 Å². The van der Waals surface area contributed by atoms with Crippen molar-refractivity contribution in [3.05, 3.63) is 71.5 Å². The van der Waals surface area contributed by atoms with Crippen LogP contribution in [-0.4, -0.2) is 44.4 Å². The summed E-state index contributed by atoms with van der Waals surface area (Å²) in [5.74, 6) is -0.628. The van der Waals surface area contributed by atoms with E-state index in [1.165, 1.54) is 6.20 Å². The number of rotatable bonds is 9. The van der Waals surface area contributed by atoms with Crippen LogP contribution in [0, 0.1) is 10.8 Å². The van der Waals surface area contributed by atoms with E-state index in [-0.39, 0.29) is 29.2 Å². The molecule has 1 aromatic heterocycles. The van der Waals surface area contributed by atoms with Crippen molar-refractivity contribution in [2.24, 2.45) is 0 Å². The molecule has 34 heavy (non-hydrogen) atoms. The second-order valence-corrected chi connectivity index (χ2v) is 9.69. The number of hydrogen-bond acceptors (Lipinski definition) is 8. The average molecular weight is 483 g/mol. The fourth-order valence-corrected chi connectivity index (χ4v) is 3.97. The van der Waals surface area contributed by atoms with Crippen molar-refractivity contribution in [1.82, 2.24) is 15.3 Å². The number of nitrogen functional groups attached to an aromatic ring is 1. The Morgan fingerprint density at radius 2 is 1.79 bits per heavy atom. The van der Waals surface area contributed by atoms with E-state index in [0.717, 1.165) is 16.0 Å². The predicted molar refractivity (Wildman–Crippen MR) is 132 cm³/mol. The van der Waals surface area contributed by atoms with E-state index in [2.05, 4.69) is 15.3 Å². The van der Waals surface area contributed by atoms with Crippen LogP contribution in [0.15, 0.2) is 59.6 Å². The minimum atomic E-state index is -1.10. The molecular formula is C24H27FN6O2S. The Labute approximate surface area is 200 Å². The summed E-state index contributed by atoms with van der Waals surface area (Å²) in [5.41, 5.74) is 8.53. The normalized spacial score (nSPS) is 11.9. The topological polar surface area (TPSA) is 138 Å². The Hall–Kier alpha value is -3.50. The highest BCUT2D eigenvalue weighted by Gasteiger charge is 2.16. The fourth-order valence-electron chi connectivity index (χ4n) is 3.02. The van der Waals surface area contributed by atoms with Gasteiger partial charge in [-0.1, -0.05) is 38.1 Å². The third kappa shape index (κ3) is 6.30. The first-order valence-corrected chi connectivity index (χ1v) is 11.9. The second kappa shape index (κ2) is 11.6. The highest BCUT2D eigenvalue weighted by molar-refractivity contribution is 7.85. The summed E-state index contributed by atoms with van der Waals surface area (Å²) in [5, 5.41) is 19.4. The summed E-state index contributed by atoms with van der Waals surface area (Å²) in [6.07, 6.45) is 1.49. The average Bonchev–Trinajstić information content (AvgIpc) is 2.84. The summed E-state index contributed by atoms with van der Waals surface area (Å²) in [7, 11) is -1.10. The maximum atomic E-state index is 12.3. The van der Waals surface area contributed by atoms with Crippen molar-refractivity contribution in [3.8, 4) is 11.3 Å². The van der Waals surface area contributed by atoms with E-state index in [4.69, 9.17) is 21.3 Å². The summed E-state index contributed by atoms with van der Waals surface area (Å²) in [4.78, 5) is 9.24. The van der Waals surface area contributed by atoms with Gasteiger partial charge in [-0.15, -0.1) is 0 Å². The van der Waals surface area contributed by atoms with Crippen LogP contribution in [0.25, 0.3) is 11.3 Å². The van der Waals surface area contributed by atoms with Crippen molar-refractivity contribution >= 4 is 28.4 Å². The van der Waals surface area contributed by atoms with Crippen molar-refractivity contribution < 1.29 is 13.3 Å². The van der Waals surface area contributed by atoms with E-state index in [1.54, 1.807) is 48.5 Å². The lowest BCUT2D eigenvalue weighted by atomic mass is 10.1. The number of nitrogens with two attached hydrogens (primary N) is 1. The third-order valence-electron chi connectivity index (χ3n) is 4.85. The van der Waals surface area contributed by atoms with Crippen LogP contribution >= 0.6 is 0 Å². The van der Waals surface area contributed by atoms with Crippen LogP contribution in [0.2, 0.25) is 0 Å². The van der Waals surface area contributed by atoms with E-state index in [0.29, 0.717) is 17.8 Å². The zero-order chi connectivity index (χ0) is 24.7. The van der Waals surface area contributed by atoms with Crippen LogP contribution in [0.4, 0.5) is 10.2 Å². The van der Waals surface area contributed by atoms with Gasteiger partial charge in [-0.3, -0.25) is 15.0 Å². The fraction of sp³-hybridized carbons (Fsp3) is 0.250. The first-order chi connectivity index (χ1) is 16.3. The molecule has 8 nitrogen and oxygen atoms in total. The van der Waals surface area contributed by atoms with Crippen LogP contribution in [0.1, 0.15) is 30.7 Å². The van der Waals surface area contributed by atoms with Gasteiger partial charge in [-0.25, -0.2) is 14.4 Å². The van der Waals surface area contributed by atoms with E-state index in [9.17, 15) is 8.60 Å². The van der Waals surface area contributed by atoms with Crippen LogP contribution in [0.5, 0.6) is 0 Å². The Balaban J connectivity index is 1.72. The number of nitrogens with one attached hydrogen (secondary N) is 3. The molecule has 0 spiro atoms. The summed E-state index contributed by atoms with van der Waals surface area (Å²) in [6.45, 7) is 4.15. The van der Waals surface area contributed by atoms with Crippen LogP contribution in [-0.2, 0) is 22.1 Å². The molecule has 0 fully saturated rings. The summed E-state index contributed by atoms with van der Waals surface area (Å²) >= 11 is 0. The molecule has 10 heteroatoms. The monoisotopic (exact) mass is 482 g/mol. The molecule has 0 bridgehead atoms. The first-order valence-electron chi connectivity index (χ1n) is 10.6. The predicted octanol–water partition coefficient (Wildman–Crippen LogP) is 3.67. The Morgan fingerprint density at radius 3 is 2.41 bits per heavy atom. The molecule has 0 radical (unpaired) electrons. The van der Waals surface area contributed by atoms with Crippen molar-refractivity contribution in [2.45, 2.75) is 30.5 Å². The number of aromatic nitrogens is 2. The third-order valence-corrected chi connectivity index (χ3v) is 6.44. The highest BCUT2D eigenvalue weighted by atomic mass is 32.2. The molecule has 0 aliphatic heterocycles. The minimum Gasteiger partial charge on any atom is -0.419 e. The quantitative estimate of drug-likeness (QED) is 0.209. The van der Waals surface area contributed by atoms with Crippen molar-refractivity contribution in [3.63, 3.8) is 0 Å². The van der Waals surface area contributed by atoms with Gasteiger partial charge < -0.3 is 15.8 Å². The van der Waals surface area contributed by atoms with Crippen molar-refractivity contribution in [1.29, 1.82) is 10.8 Å². The number of benzene rings is 2. The maximum absolute atomic E-state index is 12.3. The van der Waals surface area contributed by atoms with Gasteiger partial charge in [0.15, 0.2) is 11.5 Å². The minimum absolute atomic E-state index is 0.00775. The summed E-state index contributed by atoms with van der Waals surface area (Å²) < 4.78 is 29.8. The molecule has 1 unspecified atom stereocenters. The largest absolute Gasteiger partial charge is 0.419 e. The SMILES string of the molecule is CC(C)S(=O)c1ccc(-c2cnc(N)c(C(=N)OC(=N)c3ccc(CNCCF)cc3)n2)cc1. The molecule has 2 aromatic carbocycles. The van der Waals surface area contributed by atoms with Gasteiger partial charge in [-0.2, -0.15) is 0 Å². The number of alkyl halides is 1. The standard InChI is InChI=1S/C24H27FN6O2S/c1-15(2)34(32)19-9-7-17(8-10-19)20-14-30-22(26)21(31-20)24(28)33-23(27)18-5-3-16(4-6-18)13-29-12-11-25/h3-10,14-15,27-29H,11-13H2,1-2H3,(H2,26,30). The molecule has 178 valence electrons. The number of ether oxygens (including phenoxy) is 1. The molecule has 0 aliphatic carbocycles. The molecule has 0 saturated heterocycles. The van der Waals surface area contributed by atoms with Crippen LogP contribution < -0.4 is 11.1 Å². The van der Waals surface area contributed by atoms with Crippen molar-refractivity contribution in [2.75, 3.05) is 19.0 Å². The molecule has 3 aromatic rings. The molecule has 1 heterocycles. The first kappa shape index (κ1) is 25.1. The van der Waals surface area contributed by atoms with Gasteiger partial charge in [0.25, 0.3) is 0 Å². The lowest BCUT2D eigenvalue weighted by Crippen LogP contribution is -2.18. The molecule has 1 atom stereocenters. The Bertz CT molecular complexity index is 1180. The van der Waals surface area contributed by atoms with Gasteiger partial charge in [0, 0.05) is 34.4 Å². The van der Waals surface area contributed by atoms with Gasteiger partial charge in [0.1, 0.15) is 6.67 Å². The molecule has 5 N–H and O–H groups in total. The summed E-state index contributed by atoms with van der Waals surface area (Å²) in [6, 6.07) is 14.1. The number of halogens is 1. The number of anilines is 1. The number of nitrogens with zero attached hydrogens (tertiary/aromatic N) is 2. The van der Waals surface area contributed by atoms with E-state index < -0.39 is 23.4 Å². The highest BCUT2D eigenvalue weighted by Crippen LogP contribution is 2.22. The zero-order valence-corrected chi connectivity index (χ0v) is 19.8. The van der Waals surface area contributed by atoms with Gasteiger partial charge in [0.2, 0.25) is 11.8 Å². The van der Waals surface area contributed by atoms with Gasteiger partial charge >= 0.3 is 0 Å². The smallest absolute Gasteiger partial charge is 0.243 e. The molecular weight excluding hydrogens is 455 g/mol. The second-order valence-electron chi connectivity index (χ2n) is 7.68. The Kier molecular flexibility index (Phi) is 8.55. The zero-order valence-electron chi connectivity index (χ0n) is 19.0. The number of hydrogen-bond donors (Lipinski definition) is 4. The molecule has 0 aliphatic rings. The Morgan fingerprint density at radius 1 is 1.12 bits per heavy atom. The van der Waals surface area contributed by atoms with E-state index >= 15 is 0 Å².